The van der Waals surface area contributed by atoms with Gasteiger partial charge in [-0.2, -0.15) is 5.10 Å². The Labute approximate surface area is 120 Å². The number of para-hydroxylation sites is 1. The van der Waals surface area contributed by atoms with E-state index in [0.29, 0.717) is 23.5 Å². The van der Waals surface area contributed by atoms with Crippen molar-refractivity contribution in [2.24, 2.45) is 10.9 Å². The highest BCUT2D eigenvalue weighted by Gasteiger charge is 2.16. The molecule has 0 saturated carbocycles. The smallest absolute Gasteiger partial charge is 0.260 e. The molecule has 2 rings (SSSR count). The van der Waals surface area contributed by atoms with Crippen LogP contribution in [0.2, 0.25) is 0 Å². The molecule has 1 aromatic heterocycles. The quantitative estimate of drug-likeness (QED) is 0.284. The molecule has 1 aromatic carbocycles. The molecule has 2 aromatic rings. The van der Waals surface area contributed by atoms with E-state index in [0.717, 1.165) is 0 Å². The number of carbonyl (C=O) groups excluding carboxylic acids is 1. The number of aromatic amines is 1. The van der Waals surface area contributed by atoms with Crippen molar-refractivity contribution in [1.82, 2.24) is 10.2 Å². The van der Waals surface area contributed by atoms with Crippen molar-refractivity contribution in [3.63, 3.8) is 0 Å². The first-order valence-electron chi connectivity index (χ1n) is 6.21. The summed E-state index contributed by atoms with van der Waals surface area (Å²) in [6.07, 6.45) is 1.35. The van der Waals surface area contributed by atoms with Crippen LogP contribution in [-0.2, 0) is 0 Å². The molecule has 0 saturated heterocycles. The Morgan fingerprint density at radius 2 is 2.24 bits per heavy atom. The molecule has 5 N–H and O–H groups in total. The normalized spacial score (nSPS) is 11.2. The van der Waals surface area contributed by atoms with E-state index >= 15 is 0 Å². The third-order valence-electron chi connectivity index (χ3n) is 2.69. The van der Waals surface area contributed by atoms with Gasteiger partial charge < -0.3 is 21.0 Å². The summed E-state index contributed by atoms with van der Waals surface area (Å²) in [7, 11) is 0. The third kappa shape index (κ3) is 3.11. The Hall–Kier alpha value is -3.03. The van der Waals surface area contributed by atoms with Crippen LogP contribution in [0.15, 0.2) is 35.6 Å². The fourth-order valence-corrected chi connectivity index (χ4v) is 1.75. The lowest BCUT2D eigenvalue weighted by Gasteiger charge is -2.10. The second kappa shape index (κ2) is 6.42. The van der Waals surface area contributed by atoms with Crippen molar-refractivity contribution in [3.8, 4) is 5.75 Å². The number of ether oxygens (including phenoxy) is 1. The van der Waals surface area contributed by atoms with Crippen molar-refractivity contribution >= 4 is 17.6 Å². The van der Waals surface area contributed by atoms with E-state index in [1.807, 2.05) is 6.92 Å². The summed E-state index contributed by atoms with van der Waals surface area (Å²) in [5, 5.41) is 20.5. The van der Waals surface area contributed by atoms with Crippen molar-refractivity contribution in [3.05, 3.63) is 41.6 Å². The van der Waals surface area contributed by atoms with Gasteiger partial charge in [-0.3, -0.25) is 9.89 Å². The Balaban J connectivity index is 2.25. The van der Waals surface area contributed by atoms with E-state index in [1.165, 1.54) is 6.20 Å². The summed E-state index contributed by atoms with van der Waals surface area (Å²) < 4.78 is 5.40. The van der Waals surface area contributed by atoms with E-state index in [9.17, 15) is 4.79 Å². The number of anilines is 1. The zero-order valence-electron chi connectivity index (χ0n) is 11.3. The molecule has 1 amide bonds. The monoisotopic (exact) mass is 289 g/mol. The summed E-state index contributed by atoms with van der Waals surface area (Å²) >= 11 is 0. The van der Waals surface area contributed by atoms with Gasteiger partial charge in [-0.1, -0.05) is 17.3 Å². The van der Waals surface area contributed by atoms with Gasteiger partial charge in [-0.25, -0.2) is 0 Å². The highest BCUT2D eigenvalue weighted by molar-refractivity contribution is 6.09. The summed E-state index contributed by atoms with van der Waals surface area (Å²) in [6, 6.07) is 6.85. The first-order valence-corrected chi connectivity index (χ1v) is 6.21. The Kier molecular flexibility index (Phi) is 4.39. The Morgan fingerprint density at radius 3 is 2.95 bits per heavy atom. The van der Waals surface area contributed by atoms with Crippen molar-refractivity contribution < 1.29 is 14.7 Å². The molecule has 1 heterocycles. The molecule has 8 nitrogen and oxygen atoms in total. The van der Waals surface area contributed by atoms with Gasteiger partial charge in [-0.15, -0.1) is 0 Å². The number of amides is 1. The number of nitrogens with one attached hydrogen (secondary N) is 2. The van der Waals surface area contributed by atoms with Crippen molar-refractivity contribution in [1.29, 1.82) is 0 Å². The van der Waals surface area contributed by atoms with Crippen LogP contribution in [-0.4, -0.2) is 33.8 Å². The predicted octanol–water partition coefficient (Wildman–Crippen LogP) is 1.16. The lowest BCUT2D eigenvalue weighted by Crippen LogP contribution is -2.19. The second-order valence-corrected chi connectivity index (χ2v) is 4.03. The summed E-state index contributed by atoms with van der Waals surface area (Å²) in [5.74, 6) is 0.163. The summed E-state index contributed by atoms with van der Waals surface area (Å²) in [5.41, 5.74) is 6.16. The molecule has 0 aliphatic carbocycles. The molecular formula is C13H15N5O3. The zero-order valence-corrected chi connectivity index (χ0v) is 11.3. The minimum atomic E-state index is -0.393. The molecule has 0 atom stereocenters. The van der Waals surface area contributed by atoms with Crippen LogP contribution in [0.1, 0.15) is 22.8 Å². The SMILES string of the molecule is CCOc1ccccc1C(=O)Nc1[nH]ncc1C(N)=NO. The van der Waals surface area contributed by atoms with E-state index < -0.39 is 5.91 Å². The van der Waals surface area contributed by atoms with Gasteiger partial charge in [0.05, 0.1) is 23.9 Å². The average molecular weight is 289 g/mol. The molecular weight excluding hydrogens is 274 g/mol. The second-order valence-electron chi connectivity index (χ2n) is 4.03. The number of carbonyl (C=O) groups is 1. The van der Waals surface area contributed by atoms with Gasteiger partial charge in [0.1, 0.15) is 11.6 Å². The van der Waals surface area contributed by atoms with Gasteiger partial charge in [0.25, 0.3) is 5.91 Å². The Morgan fingerprint density at radius 1 is 1.48 bits per heavy atom. The molecule has 0 fully saturated rings. The average Bonchev–Trinajstić information content (AvgIpc) is 2.95. The minimum Gasteiger partial charge on any atom is -0.493 e. The molecule has 0 aliphatic heterocycles. The molecule has 110 valence electrons. The molecule has 0 unspecified atom stereocenters. The fraction of sp³-hybridized carbons (Fsp3) is 0.154. The van der Waals surface area contributed by atoms with Gasteiger partial charge in [0.15, 0.2) is 5.84 Å². The van der Waals surface area contributed by atoms with Crippen molar-refractivity contribution in [2.45, 2.75) is 6.92 Å². The molecule has 0 bridgehead atoms. The van der Waals surface area contributed by atoms with E-state index in [2.05, 4.69) is 20.7 Å². The van der Waals surface area contributed by atoms with Crippen LogP contribution < -0.4 is 15.8 Å². The van der Waals surface area contributed by atoms with Crippen LogP contribution in [0.3, 0.4) is 0 Å². The largest absolute Gasteiger partial charge is 0.493 e. The van der Waals surface area contributed by atoms with E-state index in [1.54, 1.807) is 24.3 Å². The third-order valence-corrected chi connectivity index (χ3v) is 2.69. The fourth-order valence-electron chi connectivity index (χ4n) is 1.75. The highest BCUT2D eigenvalue weighted by atomic mass is 16.5. The molecule has 0 spiro atoms. The van der Waals surface area contributed by atoms with Crippen LogP contribution >= 0.6 is 0 Å². The maximum absolute atomic E-state index is 12.3. The summed E-state index contributed by atoms with van der Waals surface area (Å²) in [4.78, 5) is 12.3. The standard InChI is InChI=1S/C13H15N5O3/c1-2-21-10-6-4-3-5-8(10)13(19)16-12-9(7-15-17-12)11(14)18-20/h3-7,20H,2H2,1H3,(H2,14,18)(H2,15,16,17,19). The molecule has 21 heavy (non-hydrogen) atoms. The van der Waals surface area contributed by atoms with Gasteiger partial charge >= 0.3 is 0 Å². The van der Waals surface area contributed by atoms with Crippen LogP contribution in [0.5, 0.6) is 5.75 Å². The Bertz CT molecular complexity index is 665. The van der Waals surface area contributed by atoms with E-state index in [4.69, 9.17) is 15.7 Å². The number of amidine groups is 1. The number of benzene rings is 1. The number of aromatic nitrogens is 2. The molecule has 0 aliphatic rings. The number of nitrogens with zero attached hydrogens (tertiary/aromatic N) is 2. The number of hydrogen-bond donors (Lipinski definition) is 4. The topological polar surface area (TPSA) is 126 Å². The lowest BCUT2D eigenvalue weighted by atomic mass is 10.2. The van der Waals surface area contributed by atoms with Crippen LogP contribution in [0.25, 0.3) is 0 Å². The van der Waals surface area contributed by atoms with Crippen LogP contribution in [0, 0.1) is 0 Å². The van der Waals surface area contributed by atoms with Gasteiger partial charge in [0, 0.05) is 0 Å². The van der Waals surface area contributed by atoms with E-state index in [-0.39, 0.29) is 11.7 Å². The number of hydrogen-bond acceptors (Lipinski definition) is 5. The van der Waals surface area contributed by atoms with Gasteiger partial charge in [-0.05, 0) is 19.1 Å². The highest BCUT2D eigenvalue weighted by Crippen LogP contribution is 2.20. The number of rotatable bonds is 5. The molecule has 8 heteroatoms. The summed E-state index contributed by atoms with van der Waals surface area (Å²) in [6.45, 7) is 2.28. The first-order chi connectivity index (χ1) is 10.2. The predicted molar refractivity (Wildman–Crippen MR) is 76.7 cm³/mol. The number of oxime groups is 1. The minimum absolute atomic E-state index is 0.155. The lowest BCUT2D eigenvalue weighted by molar-refractivity contribution is 0.102. The van der Waals surface area contributed by atoms with Gasteiger partial charge in [0.2, 0.25) is 0 Å². The molecule has 0 radical (unpaired) electrons. The first kappa shape index (κ1) is 14.4. The number of nitrogens with two attached hydrogens (primary N) is 1. The zero-order chi connectivity index (χ0) is 15.2. The van der Waals surface area contributed by atoms with Crippen LogP contribution in [0.4, 0.5) is 5.82 Å². The maximum atomic E-state index is 12.3. The van der Waals surface area contributed by atoms with Crippen molar-refractivity contribution in [2.75, 3.05) is 11.9 Å². The number of H-pyrrole nitrogens is 1. The maximum Gasteiger partial charge on any atom is 0.260 e.